The summed E-state index contributed by atoms with van der Waals surface area (Å²) in [6.07, 6.45) is -0.738. The highest BCUT2D eigenvalue weighted by atomic mass is 19.2. The minimum atomic E-state index is -1.49. The predicted molar refractivity (Wildman–Crippen MR) is 119 cm³/mol. The summed E-state index contributed by atoms with van der Waals surface area (Å²) in [5.41, 5.74) is 0.956. The van der Waals surface area contributed by atoms with Crippen LogP contribution in [0.2, 0.25) is 0 Å². The molecule has 0 radical (unpaired) electrons. The van der Waals surface area contributed by atoms with Gasteiger partial charge in [-0.05, 0) is 29.7 Å². The van der Waals surface area contributed by atoms with E-state index in [1.54, 1.807) is 4.90 Å². The molecule has 1 unspecified atom stereocenters. The number of carbonyl (C=O) groups excluding carboxylic acids is 1. The first-order chi connectivity index (χ1) is 16.3. The van der Waals surface area contributed by atoms with Gasteiger partial charge < -0.3 is 19.1 Å². The number of benzene rings is 2. The van der Waals surface area contributed by atoms with Gasteiger partial charge in [-0.15, -0.1) is 0 Å². The van der Waals surface area contributed by atoms with Crippen molar-refractivity contribution in [2.45, 2.75) is 33.0 Å². The molecule has 1 amide bonds. The molecule has 1 saturated heterocycles. The number of hydrogen-bond acceptors (Lipinski definition) is 5. The molecule has 0 aliphatic carbocycles. The van der Waals surface area contributed by atoms with Crippen LogP contribution in [0.3, 0.4) is 0 Å². The molecule has 9 heteroatoms. The fourth-order valence-electron chi connectivity index (χ4n) is 4.21. The Kier molecular flexibility index (Phi) is 7.63. The third-order valence-corrected chi connectivity index (χ3v) is 5.81. The summed E-state index contributed by atoms with van der Waals surface area (Å²) in [6, 6.07) is 7.78. The highest BCUT2D eigenvalue weighted by Gasteiger charge is 2.31. The summed E-state index contributed by atoms with van der Waals surface area (Å²) >= 11 is 0. The van der Waals surface area contributed by atoms with E-state index in [0.29, 0.717) is 44.3 Å². The van der Waals surface area contributed by atoms with Crippen molar-refractivity contribution in [1.29, 1.82) is 0 Å². The first-order valence-corrected chi connectivity index (χ1v) is 11.5. The van der Waals surface area contributed by atoms with Crippen LogP contribution < -0.4 is 9.47 Å². The molecule has 0 saturated carbocycles. The maximum Gasteiger partial charge on any atom is 0.253 e. The third-order valence-electron chi connectivity index (χ3n) is 5.81. The Hall–Kier alpha value is -2.78. The molecular weight excluding hydrogens is 449 g/mol. The average molecular weight is 479 g/mol. The van der Waals surface area contributed by atoms with Gasteiger partial charge in [-0.1, -0.05) is 26.0 Å². The highest BCUT2D eigenvalue weighted by Crippen LogP contribution is 2.31. The lowest BCUT2D eigenvalue weighted by atomic mass is 10.1. The molecule has 0 bridgehead atoms. The van der Waals surface area contributed by atoms with E-state index in [9.17, 15) is 18.0 Å². The van der Waals surface area contributed by atoms with Crippen molar-refractivity contribution in [3.8, 4) is 11.5 Å². The Balaban J connectivity index is 1.45. The van der Waals surface area contributed by atoms with Crippen molar-refractivity contribution < 1.29 is 32.2 Å². The van der Waals surface area contributed by atoms with Crippen molar-refractivity contribution in [2.75, 3.05) is 39.5 Å². The zero-order valence-electron chi connectivity index (χ0n) is 19.4. The lowest BCUT2D eigenvalue weighted by Gasteiger charge is -2.35. The number of carbonyl (C=O) groups is 1. The van der Waals surface area contributed by atoms with Crippen LogP contribution in [0, 0.1) is 23.4 Å². The van der Waals surface area contributed by atoms with E-state index in [2.05, 4.69) is 0 Å². The summed E-state index contributed by atoms with van der Waals surface area (Å²) in [5.74, 6) is -2.49. The summed E-state index contributed by atoms with van der Waals surface area (Å²) in [7, 11) is 0. The summed E-state index contributed by atoms with van der Waals surface area (Å²) in [4.78, 5) is 17.0. The zero-order valence-corrected chi connectivity index (χ0v) is 19.4. The molecule has 2 aliphatic heterocycles. The smallest absolute Gasteiger partial charge is 0.253 e. The number of amides is 1. The van der Waals surface area contributed by atoms with Crippen LogP contribution in [0.15, 0.2) is 30.3 Å². The van der Waals surface area contributed by atoms with E-state index in [1.807, 2.05) is 36.9 Å². The van der Waals surface area contributed by atoms with Gasteiger partial charge in [-0.3, -0.25) is 9.69 Å². The van der Waals surface area contributed by atoms with Gasteiger partial charge in [0.25, 0.3) is 5.91 Å². The number of fused-ring (bicyclic) bond motifs is 1. The lowest BCUT2D eigenvalue weighted by Crippen LogP contribution is -2.51. The monoisotopic (exact) mass is 478 g/mol. The van der Waals surface area contributed by atoms with Crippen LogP contribution in [0.1, 0.15) is 25.0 Å². The second-order valence-electron chi connectivity index (χ2n) is 9.02. The van der Waals surface area contributed by atoms with Crippen molar-refractivity contribution in [3.05, 3.63) is 58.9 Å². The minimum Gasteiger partial charge on any atom is -0.486 e. The van der Waals surface area contributed by atoms with Gasteiger partial charge >= 0.3 is 0 Å². The Morgan fingerprint density at radius 2 is 1.82 bits per heavy atom. The molecule has 2 aromatic carbocycles. The van der Waals surface area contributed by atoms with E-state index in [0.717, 1.165) is 11.6 Å². The fourth-order valence-corrected chi connectivity index (χ4v) is 4.21. The molecule has 34 heavy (non-hydrogen) atoms. The number of hydrogen-bond donors (Lipinski definition) is 0. The molecule has 6 nitrogen and oxygen atoms in total. The lowest BCUT2D eigenvalue weighted by molar-refractivity contribution is -0.151. The molecule has 1 fully saturated rings. The number of morpholine rings is 1. The Morgan fingerprint density at radius 3 is 2.59 bits per heavy atom. The Bertz CT molecular complexity index is 1030. The predicted octanol–water partition coefficient (Wildman–Crippen LogP) is 3.76. The van der Waals surface area contributed by atoms with Crippen LogP contribution in [-0.2, 0) is 22.6 Å². The van der Waals surface area contributed by atoms with Gasteiger partial charge in [0, 0.05) is 38.3 Å². The molecule has 0 N–H and O–H groups in total. The first-order valence-electron chi connectivity index (χ1n) is 11.5. The van der Waals surface area contributed by atoms with Gasteiger partial charge in [-0.25, -0.2) is 13.2 Å². The van der Waals surface area contributed by atoms with Crippen LogP contribution >= 0.6 is 0 Å². The molecule has 2 aromatic rings. The average Bonchev–Trinajstić information content (AvgIpc) is 2.83. The fraction of sp³-hybridized carbons (Fsp3) is 0.480. The molecular formula is C25H29F3N2O4. The SMILES string of the molecule is CC(C)CN(Cc1ccc2c(c1)OCCO2)C(=O)C1CN(Cc2ccc(F)c(F)c2F)CCO1. The molecule has 0 spiro atoms. The topological polar surface area (TPSA) is 51.2 Å². The van der Waals surface area contributed by atoms with Gasteiger partial charge in [-0.2, -0.15) is 0 Å². The number of halogens is 3. The quantitative estimate of drug-likeness (QED) is 0.568. The van der Waals surface area contributed by atoms with Crippen LogP contribution in [-0.4, -0.2) is 61.3 Å². The Labute approximate surface area is 197 Å². The van der Waals surface area contributed by atoms with Gasteiger partial charge in [0.1, 0.15) is 19.3 Å². The van der Waals surface area contributed by atoms with E-state index in [1.165, 1.54) is 6.07 Å². The zero-order chi connectivity index (χ0) is 24.2. The second-order valence-corrected chi connectivity index (χ2v) is 9.02. The van der Waals surface area contributed by atoms with Crippen molar-refractivity contribution in [2.24, 2.45) is 5.92 Å². The Morgan fingerprint density at radius 1 is 1.06 bits per heavy atom. The van der Waals surface area contributed by atoms with Crippen LogP contribution in [0.25, 0.3) is 0 Å². The second kappa shape index (κ2) is 10.7. The van der Waals surface area contributed by atoms with Gasteiger partial charge in [0.2, 0.25) is 0 Å². The van der Waals surface area contributed by atoms with Crippen molar-refractivity contribution in [3.63, 3.8) is 0 Å². The van der Waals surface area contributed by atoms with Crippen molar-refractivity contribution in [1.82, 2.24) is 9.80 Å². The van der Waals surface area contributed by atoms with E-state index in [-0.39, 0.29) is 37.1 Å². The molecule has 1 atom stereocenters. The van der Waals surface area contributed by atoms with Gasteiger partial charge in [0.05, 0.1) is 6.61 Å². The standard InChI is InChI=1S/C25H29F3N2O4/c1-16(2)12-30(13-17-3-6-20-21(11-17)34-10-9-33-20)25(31)22-15-29(7-8-32-22)14-18-4-5-19(26)24(28)23(18)27/h3-6,11,16,22H,7-10,12-15H2,1-2H3. The van der Waals surface area contributed by atoms with E-state index >= 15 is 0 Å². The number of ether oxygens (including phenoxy) is 3. The third kappa shape index (κ3) is 5.64. The normalized spacial score (nSPS) is 18.2. The highest BCUT2D eigenvalue weighted by molar-refractivity contribution is 5.81. The van der Waals surface area contributed by atoms with Gasteiger partial charge in [0.15, 0.2) is 29.0 Å². The summed E-state index contributed by atoms with van der Waals surface area (Å²) in [6.45, 7) is 6.99. The molecule has 184 valence electrons. The maximum atomic E-state index is 14.1. The molecule has 0 aromatic heterocycles. The molecule has 4 rings (SSSR count). The summed E-state index contributed by atoms with van der Waals surface area (Å²) < 4.78 is 58.0. The largest absolute Gasteiger partial charge is 0.486 e. The van der Waals surface area contributed by atoms with E-state index in [4.69, 9.17) is 14.2 Å². The molecule has 2 aliphatic rings. The number of nitrogens with zero attached hydrogens (tertiary/aromatic N) is 2. The minimum absolute atomic E-state index is 0.0438. The van der Waals surface area contributed by atoms with Crippen molar-refractivity contribution >= 4 is 5.91 Å². The first kappa shape index (κ1) is 24.3. The summed E-state index contributed by atoms with van der Waals surface area (Å²) in [5, 5.41) is 0. The maximum absolute atomic E-state index is 14.1. The van der Waals surface area contributed by atoms with Crippen LogP contribution in [0.5, 0.6) is 11.5 Å². The molecule has 2 heterocycles. The van der Waals surface area contributed by atoms with Crippen LogP contribution in [0.4, 0.5) is 13.2 Å². The number of rotatable bonds is 7. The van der Waals surface area contributed by atoms with E-state index < -0.39 is 23.6 Å².